The van der Waals surface area contributed by atoms with Gasteiger partial charge < -0.3 is 25.5 Å². The Kier molecular flexibility index (Phi) is 8.24. The number of hydrogen-bond acceptors (Lipinski definition) is 5. The second-order valence-corrected chi connectivity index (χ2v) is 8.16. The van der Waals surface area contributed by atoms with Gasteiger partial charge in [-0.2, -0.15) is 0 Å². The van der Waals surface area contributed by atoms with E-state index < -0.39 is 29.8 Å². The SMILES string of the molecule is CC(C)c1ccc(C=C(O)[C@@H](O)C(O)[C@@H](O)C(O)=Cc2ccc(C(C)C)cc2)cc1. The van der Waals surface area contributed by atoms with Gasteiger partial charge in [-0.15, -0.1) is 0 Å². The van der Waals surface area contributed by atoms with E-state index in [1.165, 1.54) is 12.2 Å². The van der Waals surface area contributed by atoms with Crippen LogP contribution in [-0.2, 0) is 0 Å². The molecule has 1 unspecified atom stereocenters. The molecule has 2 aromatic rings. The Morgan fingerprint density at radius 2 is 0.900 bits per heavy atom. The molecule has 5 N–H and O–H groups in total. The van der Waals surface area contributed by atoms with Gasteiger partial charge in [-0.25, -0.2) is 0 Å². The summed E-state index contributed by atoms with van der Waals surface area (Å²) in [5, 5.41) is 51.0. The van der Waals surface area contributed by atoms with Crippen LogP contribution in [0.25, 0.3) is 12.2 Å². The Morgan fingerprint density at radius 3 is 1.17 bits per heavy atom. The monoisotopic (exact) mass is 412 g/mol. The molecule has 0 saturated carbocycles. The van der Waals surface area contributed by atoms with Crippen molar-refractivity contribution in [2.24, 2.45) is 0 Å². The highest BCUT2D eigenvalue weighted by molar-refractivity contribution is 5.54. The maximum atomic E-state index is 10.2. The summed E-state index contributed by atoms with van der Waals surface area (Å²) >= 11 is 0. The first-order chi connectivity index (χ1) is 14.1. The van der Waals surface area contributed by atoms with Crippen LogP contribution in [0.15, 0.2) is 60.0 Å². The molecule has 0 amide bonds. The number of aliphatic hydroxyl groups is 5. The van der Waals surface area contributed by atoms with Gasteiger partial charge in [0, 0.05) is 0 Å². The Morgan fingerprint density at radius 1 is 0.600 bits per heavy atom. The standard InChI is InChI=1S/C25H32O5/c1-15(2)19-9-5-17(6-10-19)13-21(26)23(28)25(30)24(29)22(27)14-18-7-11-20(12-8-18)16(3)4/h5-16,23-30H,1-4H3/t23-,24+,25?. The third kappa shape index (κ3) is 6.20. The zero-order valence-corrected chi connectivity index (χ0v) is 17.9. The minimum Gasteiger partial charge on any atom is -0.509 e. The molecule has 0 radical (unpaired) electrons. The third-order valence-corrected chi connectivity index (χ3v) is 5.09. The van der Waals surface area contributed by atoms with Gasteiger partial charge in [0.1, 0.15) is 29.8 Å². The van der Waals surface area contributed by atoms with Crippen LogP contribution in [0.3, 0.4) is 0 Å². The first-order valence-corrected chi connectivity index (χ1v) is 10.2. The van der Waals surface area contributed by atoms with Crippen LogP contribution in [0.4, 0.5) is 0 Å². The first-order valence-electron chi connectivity index (χ1n) is 10.2. The van der Waals surface area contributed by atoms with Crippen molar-refractivity contribution >= 4 is 12.2 Å². The average molecular weight is 413 g/mol. The third-order valence-electron chi connectivity index (χ3n) is 5.09. The Labute approximate surface area is 178 Å². The van der Waals surface area contributed by atoms with Crippen LogP contribution in [0.1, 0.15) is 61.8 Å². The largest absolute Gasteiger partial charge is 0.509 e. The molecule has 0 heterocycles. The van der Waals surface area contributed by atoms with E-state index in [4.69, 9.17) is 0 Å². The number of benzene rings is 2. The molecule has 0 spiro atoms. The van der Waals surface area contributed by atoms with Gasteiger partial charge in [-0.1, -0.05) is 76.2 Å². The molecule has 3 atom stereocenters. The lowest BCUT2D eigenvalue weighted by Crippen LogP contribution is -2.39. The molecule has 0 aliphatic heterocycles. The van der Waals surface area contributed by atoms with Crippen molar-refractivity contribution in [2.45, 2.75) is 57.8 Å². The van der Waals surface area contributed by atoms with E-state index in [-0.39, 0.29) is 0 Å². The summed E-state index contributed by atoms with van der Waals surface area (Å²) < 4.78 is 0. The molecular weight excluding hydrogens is 380 g/mol. The van der Waals surface area contributed by atoms with Crippen molar-refractivity contribution in [3.05, 3.63) is 82.3 Å². The topological polar surface area (TPSA) is 101 Å². The summed E-state index contributed by atoms with van der Waals surface area (Å²) in [6.45, 7) is 8.29. The molecule has 2 aromatic carbocycles. The van der Waals surface area contributed by atoms with E-state index in [9.17, 15) is 25.5 Å². The van der Waals surface area contributed by atoms with Crippen molar-refractivity contribution in [1.82, 2.24) is 0 Å². The van der Waals surface area contributed by atoms with E-state index in [0.717, 1.165) is 11.1 Å². The molecule has 0 saturated heterocycles. The molecule has 0 fully saturated rings. The lowest BCUT2D eigenvalue weighted by atomic mass is 9.99. The minimum atomic E-state index is -1.80. The number of aliphatic hydroxyl groups excluding tert-OH is 5. The van der Waals surface area contributed by atoms with E-state index in [1.807, 2.05) is 24.3 Å². The Balaban J connectivity index is 2.09. The fourth-order valence-electron chi connectivity index (χ4n) is 2.99. The second kappa shape index (κ2) is 10.4. The van der Waals surface area contributed by atoms with Crippen LogP contribution in [0.5, 0.6) is 0 Å². The molecule has 0 aliphatic rings. The van der Waals surface area contributed by atoms with Gasteiger partial charge in [-0.05, 0) is 46.2 Å². The van der Waals surface area contributed by atoms with Gasteiger partial charge in [0.2, 0.25) is 0 Å². The van der Waals surface area contributed by atoms with E-state index in [1.54, 1.807) is 24.3 Å². The van der Waals surface area contributed by atoms with Gasteiger partial charge in [0.25, 0.3) is 0 Å². The summed E-state index contributed by atoms with van der Waals surface area (Å²) in [4.78, 5) is 0. The van der Waals surface area contributed by atoms with Crippen LogP contribution >= 0.6 is 0 Å². The average Bonchev–Trinajstić information content (AvgIpc) is 2.72. The number of hydrogen-bond donors (Lipinski definition) is 5. The van der Waals surface area contributed by atoms with Crippen LogP contribution in [0, 0.1) is 0 Å². The fraction of sp³-hybridized carbons (Fsp3) is 0.360. The van der Waals surface area contributed by atoms with E-state index >= 15 is 0 Å². The molecule has 0 aliphatic carbocycles. The summed E-state index contributed by atoms with van der Waals surface area (Å²) in [6, 6.07) is 14.8. The molecule has 2 rings (SSSR count). The maximum absolute atomic E-state index is 10.2. The van der Waals surface area contributed by atoms with E-state index in [0.29, 0.717) is 23.0 Å². The highest BCUT2D eigenvalue weighted by atomic mass is 16.4. The van der Waals surface area contributed by atoms with E-state index in [2.05, 4.69) is 27.7 Å². The van der Waals surface area contributed by atoms with Crippen LogP contribution < -0.4 is 0 Å². The molecule has 0 bridgehead atoms. The molecule has 162 valence electrons. The summed E-state index contributed by atoms with van der Waals surface area (Å²) in [6.07, 6.45) is -2.69. The second-order valence-electron chi connectivity index (χ2n) is 8.16. The summed E-state index contributed by atoms with van der Waals surface area (Å²) in [7, 11) is 0. The predicted octanol–water partition coefficient (Wildman–Crippen LogP) is 4.51. The first kappa shape index (κ1) is 23.7. The summed E-state index contributed by atoms with van der Waals surface area (Å²) in [5.74, 6) is -0.271. The molecule has 5 nitrogen and oxygen atoms in total. The Hall–Kier alpha value is -2.60. The number of rotatable bonds is 8. The fourth-order valence-corrected chi connectivity index (χ4v) is 2.99. The molecule has 5 heteroatoms. The van der Waals surface area contributed by atoms with Crippen molar-refractivity contribution < 1.29 is 25.5 Å². The zero-order valence-electron chi connectivity index (χ0n) is 17.9. The maximum Gasteiger partial charge on any atom is 0.140 e. The normalized spacial score (nSPS) is 16.0. The Bertz CT molecular complexity index is 790. The zero-order chi connectivity index (χ0) is 22.4. The highest BCUT2D eigenvalue weighted by Crippen LogP contribution is 2.20. The quantitative estimate of drug-likeness (QED) is 0.411. The van der Waals surface area contributed by atoms with Crippen molar-refractivity contribution in [3.63, 3.8) is 0 Å². The lowest BCUT2D eigenvalue weighted by molar-refractivity contribution is -0.0540. The molecular formula is C25H32O5. The van der Waals surface area contributed by atoms with Crippen LogP contribution in [-0.4, -0.2) is 43.8 Å². The highest BCUT2D eigenvalue weighted by Gasteiger charge is 2.30. The molecule has 30 heavy (non-hydrogen) atoms. The predicted molar refractivity (Wildman–Crippen MR) is 120 cm³/mol. The van der Waals surface area contributed by atoms with Gasteiger partial charge in [0.05, 0.1) is 0 Å². The van der Waals surface area contributed by atoms with Crippen molar-refractivity contribution in [2.75, 3.05) is 0 Å². The van der Waals surface area contributed by atoms with Gasteiger partial charge in [-0.3, -0.25) is 0 Å². The molecule has 0 aromatic heterocycles. The van der Waals surface area contributed by atoms with Gasteiger partial charge in [0.15, 0.2) is 0 Å². The van der Waals surface area contributed by atoms with Crippen molar-refractivity contribution in [3.8, 4) is 0 Å². The van der Waals surface area contributed by atoms with Crippen LogP contribution in [0.2, 0.25) is 0 Å². The van der Waals surface area contributed by atoms with Gasteiger partial charge >= 0.3 is 0 Å². The van der Waals surface area contributed by atoms with Crippen molar-refractivity contribution in [1.29, 1.82) is 0 Å². The lowest BCUT2D eigenvalue weighted by Gasteiger charge is -2.22. The summed E-state index contributed by atoms with van der Waals surface area (Å²) in [5.41, 5.74) is 3.56. The minimum absolute atomic E-state index is 0.371. The smallest absolute Gasteiger partial charge is 0.140 e.